The van der Waals surface area contributed by atoms with Crippen LogP contribution in [0.4, 0.5) is 0 Å². The van der Waals surface area contributed by atoms with Gasteiger partial charge in [-0.2, -0.15) is 0 Å². The van der Waals surface area contributed by atoms with Gasteiger partial charge in [-0.3, -0.25) is 0 Å². The van der Waals surface area contributed by atoms with E-state index in [1.165, 1.54) is 21.6 Å². The van der Waals surface area contributed by atoms with E-state index in [2.05, 4.69) is 159 Å². The van der Waals surface area contributed by atoms with Crippen LogP contribution in [-0.2, 0) is 0 Å². The molecule has 214 valence electrons. The third-order valence-corrected chi connectivity index (χ3v) is 12.2. The Kier molecular flexibility index (Phi) is 6.58. The highest BCUT2D eigenvalue weighted by Crippen LogP contribution is 2.37. The summed E-state index contributed by atoms with van der Waals surface area (Å²) >= 11 is 0. The molecule has 7 aromatic rings. The van der Waals surface area contributed by atoms with Crippen LogP contribution in [0.25, 0.3) is 67.4 Å². The predicted molar refractivity (Wildman–Crippen MR) is 189 cm³/mol. The minimum Gasteiger partial charge on any atom is -0.248 e. The van der Waals surface area contributed by atoms with E-state index in [0.29, 0.717) is 0 Å². The first-order valence-electron chi connectivity index (χ1n) is 15.4. The lowest BCUT2D eigenvalue weighted by Gasteiger charge is -2.19. The Labute approximate surface area is 265 Å². The Morgan fingerprint density at radius 2 is 0.978 bits per heavy atom. The molecule has 0 bridgehead atoms. The third kappa shape index (κ3) is 4.80. The number of nitrogens with zero attached hydrogens (tertiary/aromatic N) is 3. The molecular weight excluding hydrogens is 563 g/mol. The van der Waals surface area contributed by atoms with Crippen molar-refractivity contribution in [2.45, 2.75) is 13.1 Å². The zero-order valence-electron chi connectivity index (χ0n) is 25.3. The Morgan fingerprint density at radius 1 is 0.422 bits per heavy atom. The summed E-state index contributed by atoms with van der Waals surface area (Å²) in [7, 11) is -2.04. The molecule has 0 unspecified atom stereocenters. The lowest BCUT2D eigenvalue weighted by atomic mass is 9.98. The van der Waals surface area contributed by atoms with Crippen LogP contribution in [-0.4, -0.2) is 23.0 Å². The fourth-order valence-electron chi connectivity index (χ4n) is 6.53. The fraction of sp³-hybridized carbons (Fsp3) is 0.0488. The van der Waals surface area contributed by atoms with Crippen molar-refractivity contribution in [2.24, 2.45) is 0 Å². The molecule has 45 heavy (non-hydrogen) atoms. The van der Waals surface area contributed by atoms with Crippen molar-refractivity contribution in [3.63, 3.8) is 0 Å². The van der Waals surface area contributed by atoms with Crippen molar-refractivity contribution >= 4 is 18.6 Å². The minimum absolute atomic E-state index is 0.755. The van der Waals surface area contributed by atoms with E-state index < -0.39 is 8.07 Å². The normalized spacial score (nSPS) is 12.8. The molecule has 1 aliphatic heterocycles. The van der Waals surface area contributed by atoms with Crippen molar-refractivity contribution in [1.29, 1.82) is 0 Å². The number of pyridine rings is 1. The smallest absolute Gasteiger partial charge is 0.159 e. The summed E-state index contributed by atoms with van der Waals surface area (Å²) in [5.74, 6) is 0.755. The lowest BCUT2D eigenvalue weighted by Crippen LogP contribution is -2.50. The number of hydrogen-bond donors (Lipinski definition) is 0. The summed E-state index contributed by atoms with van der Waals surface area (Å²) in [6, 6.07) is 53.2. The van der Waals surface area contributed by atoms with E-state index in [0.717, 1.165) is 56.3 Å². The Hall–Kier alpha value is -5.45. The van der Waals surface area contributed by atoms with Crippen LogP contribution in [0.15, 0.2) is 152 Å². The molecule has 3 heterocycles. The van der Waals surface area contributed by atoms with Gasteiger partial charge >= 0.3 is 0 Å². The molecule has 0 aliphatic carbocycles. The van der Waals surface area contributed by atoms with E-state index in [9.17, 15) is 0 Å². The van der Waals surface area contributed by atoms with Gasteiger partial charge in [-0.25, -0.2) is 15.0 Å². The molecule has 1 aliphatic rings. The first-order valence-corrected chi connectivity index (χ1v) is 18.4. The zero-order valence-corrected chi connectivity index (χ0v) is 26.3. The quantitative estimate of drug-likeness (QED) is 0.187. The highest BCUT2D eigenvalue weighted by Gasteiger charge is 2.41. The summed E-state index contributed by atoms with van der Waals surface area (Å²) in [6.45, 7) is 4.81. The van der Waals surface area contributed by atoms with E-state index in [1.54, 1.807) is 0 Å². The average molecular weight is 594 g/mol. The fourth-order valence-corrected chi connectivity index (χ4v) is 9.44. The zero-order chi connectivity index (χ0) is 30.4. The highest BCUT2D eigenvalue weighted by molar-refractivity contribution is 7.03. The standard InChI is InChI=1S/C41H31N3Si/c1-45(2)37-24-13-12-23-34(37)38-39(30-19-10-5-11-20-30)43-40(44-41(38)45)32-22-14-21-31(25-32)36-27-33(28-15-6-3-7-16-28)26-35(42-36)29-17-8-4-9-18-29/h3-27H,1-2H3. The number of benzene rings is 5. The van der Waals surface area contributed by atoms with Gasteiger partial charge in [0.05, 0.1) is 17.1 Å². The molecule has 4 heteroatoms. The van der Waals surface area contributed by atoms with Crippen molar-refractivity contribution in [1.82, 2.24) is 15.0 Å². The van der Waals surface area contributed by atoms with Crippen LogP contribution < -0.4 is 10.5 Å². The molecule has 3 nitrogen and oxygen atoms in total. The predicted octanol–water partition coefficient (Wildman–Crippen LogP) is 9.01. The SMILES string of the molecule is C[Si]1(C)c2ccccc2-c2c(-c3ccccc3)nc(-c3cccc(-c4cc(-c5ccccc5)cc(-c5ccccc5)n4)c3)nc21. The molecule has 5 aromatic carbocycles. The molecule has 0 spiro atoms. The van der Waals surface area contributed by atoms with Gasteiger partial charge in [0, 0.05) is 33.1 Å². The Balaban J connectivity index is 1.31. The number of hydrogen-bond acceptors (Lipinski definition) is 3. The molecule has 0 N–H and O–H groups in total. The lowest BCUT2D eigenvalue weighted by molar-refractivity contribution is 1.21. The van der Waals surface area contributed by atoms with Crippen molar-refractivity contribution in [3.8, 4) is 67.4 Å². The third-order valence-electron chi connectivity index (χ3n) is 8.84. The van der Waals surface area contributed by atoms with E-state index in [4.69, 9.17) is 15.0 Å². The van der Waals surface area contributed by atoms with Crippen LogP contribution in [0.1, 0.15) is 0 Å². The highest BCUT2D eigenvalue weighted by atomic mass is 28.3. The number of rotatable bonds is 5. The summed E-state index contributed by atoms with van der Waals surface area (Å²) in [6.07, 6.45) is 0. The molecule has 0 atom stereocenters. The van der Waals surface area contributed by atoms with Gasteiger partial charge in [0.25, 0.3) is 0 Å². The topological polar surface area (TPSA) is 38.7 Å². The second-order valence-corrected chi connectivity index (χ2v) is 16.4. The molecule has 0 radical (unpaired) electrons. The van der Waals surface area contributed by atoms with Gasteiger partial charge in [-0.1, -0.05) is 147 Å². The number of aromatic nitrogens is 3. The van der Waals surface area contributed by atoms with Gasteiger partial charge in [0.2, 0.25) is 0 Å². The summed E-state index contributed by atoms with van der Waals surface area (Å²) in [4.78, 5) is 15.9. The molecule has 2 aromatic heterocycles. The average Bonchev–Trinajstić information content (AvgIpc) is 3.35. The minimum atomic E-state index is -2.04. The Bertz CT molecular complexity index is 2120. The van der Waals surface area contributed by atoms with Crippen molar-refractivity contribution in [3.05, 3.63) is 152 Å². The monoisotopic (exact) mass is 593 g/mol. The van der Waals surface area contributed by atoms with Gasteiger partial charge in [-0.15, -0.1) is 0 Å². The second-order valence-electron chi connectivity index (χ2n) is 12.1. The van der Waals surface area contributed by atoms with E-state index in [-0.39, 0.29) is 0 Å². The van der Waals surface area contributed by atoms with Gasteiger partial charge < -0.3 is 0 Å². The first kappa shape index (κ1) is 27.1. The summed E-state index contributed by atoms with van der Waals surface area (Å²) < 4.78 is 0. The largest absolute Gasteiger partial charge is 0.248 e. The molecule has 0 fully saturated rings. The molecule has 8 rings (SSSR count). The second kappa shape index (κ2) is 10.9. The maximum Gasteiger partial charge on any atom is 0.159 e. The van der Waals surface area contributed by atoms with Crippen LogP contribution >= 0.6 is 0 Å². The van der Waals surface area contributed by atoms with Crippen molar-refractivity contribution < 1.29 is 0 Å². The van der Waals surface area contributed by atoms with Crippen LogP contribution in [0.5, 0.6) is 0 Å². The summed E-state index contributed by atoms with van der Waals surface area (Å²) in [5, 5.41) is 2.63. The van der Waals surface area contributed by atoms with E-state index >= 15 is 0 Å². The number of fused-ring (bicyclic) bond motifs is 3. The van der Waals surface area contributed by atoms with Gasteiger partial charge in [0.15, 0.2) is 5.82 Å². The van der Waals surface area contributed by atoms with Crippen LogP contribution in [0, 0.1) is 0 Å². The molecule has 0 saturated heterocycles. The molecule has 0 saturated carbocycles. The first-order chi connectivity index (χ1) is 22.1. The van der Waals surface area contributed by atoms with Crippen molar-refractivity contribution in [2.75, 3.05) is 0 Å². The molecular formula is C41H31N3Si. The van der Waals surface area contributed by atoms with Gasteiger partial charge in [-0.05, 0) is 40.1 Å². The van der Waals surface area contributed by atoms with E-state index in [1.807, 2.05) is 6.07 Å². The Morgan fingerprint density at radius 3 is 1.69 bits per heavy atom. The summed E-state index contributed by atoms with van der Waals surface area (Å²) in [5.41, 5.74) is 11.9. The maximum atomic E-state index is 5.37. The van der Waals surface area contributed by atoms with Crippen LogP contribution in [0.3, 0.4) is 0 Å². The van der Waals surface area contributed by atoms with Gasteiger partial charge in [0.1, 0.15) is 8.07 Å². The van der Waals surface area contributed by atoms with Crippen LogP contribution in [0.2, 0.25) is 13.1 Å². The molecule has 0 amide bonds. The maximum absolute atomic E-state index is 5.37.